The standard InChI is InChI=1S/C28H27ClF2N2O3S/c1-5-20-22(30)13-19(14-25(20)37(4,35)36)17-10-11-24(23(31)12-17)33-16-26(28(2,3)34)32-27(33)15-18-8-6-7-9-21(18)29/h6-14,16,34H,5,15H2,1-4H3. The summed E-state index contributed by atoms with van der Waals surface area (Å²) in [6.45, 7) is 4.85. The molecule has 0 fully saturated rings. The van der Waals surface area contributed by atoms with Gasteiger partial charge in [-0.3, -0.25) is 0 Å². The average molecular weight is 545 g/mol. The van der Waals surface area contributed by atoms with Gasteiger partial charge >= 0.3 is 0 Å². The number of aliphatic hydroxyl groups is 1. The molecule has 5 nitrogen and oxygen atoms in total. The van der Waals surface area contributed by atoms with Crippen molar-refractivity contribution >= 4 is 21.4 Å². The summed E-state index contributed by atoms with van der Waals surface area (Å²) in [5.74, 6) is -0.815. The van der Waals surface area contributed by atoms with E-state index >= 15 is 4.39 Å². The second-order valence-corrected chi connectivity index (χ2v) is 11.9. The van der Waals surface area contributed by atoms with E-state index in [1.807, 2.05) is 18.2 Å². The molecule has 0 saturated heterocycles. The number of sulfone groups is 1. The Balaban J connectivity index is 1.82. The van der Waals surface area contributed by atoms with Gasteiger partial charge in [-0.25, -0.2) is 22.2 Å². The fourth-order valence-electron chi connectivity index (χ4n) is 4.19. The van der Waals surface area contributed by atoms with Gasteiger partial charge in [0.2, 0.25) is 0 Å². The van der Waals surface area contributed by atoms with Crippen molar-refractivity contribution in [1.82, 2.24) is 9.55 Å². The average Bonchev–Trinajstić information content (AvgIpc) is 3.23. The van der Waals surface area contributed by atoms with Gasteiger partial charge in [-0.1, -0.05) is 42.8 Å². The van der Waals surface area contributed by atoms with E-state index in [0.717, 1.165) is 11.8 Å². The molecule has 1 N–H and O–H groups in total. The van der Waals surface area contributed by atoms with Crippen LogP contribution in [0.5, 0.6) is 0 Å². The molecular weight excluding hydrogens is 518 g/mol. The maximum atomic E-state index is 15.6. The van der Waals surface area contributed by atoms with Crippen molar-refractivity contribution in [2.45, 2.75) is 44.1 Å². The molecule has 0 atom stereocenters. The summed E-state index contributed by atoms with van der Waals surface area (Å²) < 4.78 is 56.4. The normalized spacial score (nSPS) is 12.2. The number of hydrogen-bond acceptors (Lipinski definition) is 4. The Morgan fingerprint density at radius 3 is 2.30 bits per heavy atom. The van der Waals surface area contributed by atoms with Crippen molar-refractivity contribution in [3.63, 3.8) is 0 Å². The number of nitrogens with zero attached hydrogens (tertiary/aromatic N) is 2. The van der Waals surface area contributed by atoms with Crippen molar-refractivity contribution < 1.29 is 22.3 Å². The first-order valence-corrected chi connectivity index (χ1v) is 13.9. The van der Waals surface area contributed by atoms with Gasteiger partial charge in [-0.2, -0.15) is 0 Å². The predicted octanol–water partition coefficient (Wildman–Crippen LogP) is 6.26. The fourth-order valence-corrected chi connectivity index (χ4v) is 5.43. The molecule has 194 valence electrons. The first-order valence-electron chi connectivity index (χ1n) is 11.7. The van der Waals surface area contributed by atoms with Crippen molar-refractivity contribution in [2.75, 3.05) is 6.26 Å². The van der Waals surface area contributed by atoms with Crippen LogP contribution >= 0.6 is 11.6 Å². The molecule has 0 saturated carbocycles. The van der Waals surface area contributed by atoms with Gasteiger partial charge in [0.1, 0.15) is 23.1 Å². The highest BCUT2D eigenvalue weighted by Crippen LogP contribution is 2.32. The molecule has 0 bridgehead atoms. The summed E-state index contributed by atoms with van der Waals surface area (Å²) in [6.07, 6.45) is 3.09. The van der Waals surface area contributed by atoms with Crippen molar-refractivity contribution in [3.8, 4) is 16.8 Å². The zero-order chi connectivity index (χ0) is 27.1. The second kappa shape index (κ2) is 10.0. The lowest BCUT2D eigenvalue weighted by Gasteiger charge is -2.14. The zero-order valence-corrected chi connectivity index (χ0v) is 22.5. The lowest BCUT2D eigenvalue weighted by atomic mass is 10.0. The molecule has 0 aliphatic heterocycles. The Labute approximate surface area is 220 Å². The molecule has 4 aromatic rings. The lowest BCUT2D eigenvalue weighted by molar-refractivity contribution is 0.0741. The van der Waals surface area contributed by atoms with Gasteiger partial charge in [-0.05, 0) is 67.3 Å². The number of benzene rings is 3. The highest BCUT2D eigenvalue weighted by Gasteiger charge is 2.24. The summed E-state index contributed by atoms with van der Waals surface area (Å²) in [5, 5.41) is 11.1. The minimum absolute atomic E-state index is 0.102. The largest absolute Gasteiger partial charge is 0.384 e. The number of halogens is 3. The number of hydrogen-bond donors (Lipinski definition) is 1. The summed E-state index contributed by atoms with van der Waals surface area (Å²) in [5.41, 5.74) is 0.719. The summed E-state index contributed by atoms with van der Waals surface area (Å²) >= 11 is 6.33. The molecule has 37 heavy (non-hydrogen) atoms. The molecule has 0 unspecified atom stereocenters. The quantitative estimate of drug-likeness (QED) is 0.298. The van der Waals surface area contributed by atoms with Gasteiger partial charge in [0.05, 0.1) is 16.3 Å². The number of aromatic nitrogens is 2. The van der Waals surface area contributed by atoms with Gasteiger partial charge in [0.15, 0.2) is 9.84 Å². The van der Waals surface area contributed by atoms with Crippen LogP contribution < -0.4 is 0 Å². The molecule has 0 spiro atoms. The molecule has 1 heterocycles. The Bertz CT molecular complexity index is 1590. The van der Waals surface area contributed by atoms with E-state index in [2.05, 4.69) is 4.98 Å². The Kier molecular flexibility index (Phi) is 7.29. The Morgan fingerprint density at radius 2 is 1.70 bits per heavy atom. The minimum Gasteiger partial charge on any atom is -0.384 e. The van der Waals surface area contributed by atoms with E-state index in [0.29, 0.717) is 28.5 Å². The van der Waals surface area contributed by atoms with Gasteiger partial charge in [0.25, 0.3) is 0 Å². The van der Waals surface area contributed by atoms with Crippen LogP contribution in [0.25, 0.3) is 16.8 Å². The molecule has 9 heteroatoms. The van der Waals surface area contributed by atoms with Gasteiger partial charge in [0, 0.05) is 29.5 Å². The molecule has 4 rings (SSSR count). The highest BCUT2D eigenvalue weighted by atomic mass is 35.5. The fraction of sp³-hybridized carbons (Fsp3) is 0.250. The zero-order valence-electron chi connectivity index (χ0n) is 20.9. The van der Waals surface area contributed by atoms with Crippen LogP contribution in [0.2, 0.25) is 5.02 Å². The van der Waals surface area contributed by atoms with Gasteiger partial charge < -0.3 is 9.67 Å². The van der Waals surface area contributed by atoms with Crippen molar-refractivity contribution in [2.24, 2.45) is 0 Å². The van der Waals surface area contributed by atoms with E-state index in [-0.39, 0.29) is 28.1 Å². The topological polar surface area (TPSA) is 72.2 Å². The van der Waals surface area contributed by atoms with E-state index in [1.54, 1.807) is 43.7 Å². The van der Waals surface area contributed by atoms with Crippen LogP contribution in [0.1, 0.15) is 43.4 Å². The van der Waals surface area contributed by atoms with E-state index in [4.69, 9.17) is 11.6 Å². The smallest absolute Gasteiger partial charge is 0.175 e. The Morgan fingerprint density at radius 1 is 1.03 bits per heavy atom. The molecule has 3 aromatic carbocycles. The highest BCUT2D eigenvalue weighted by molar-refractivity contribution is 7.90. The van der Waals surface area contributed by atoms with Crippen LogP contribution in [-0.2, 0) is 28.3 Å². The van der Waals surface area contributed by atoms with E-state index in [1.165, 1.54) is 24.3 Å². The number of rotatable bonds is 7. The van der Waals surface area contributed by atoms with Crippen LogP contribution in [0.4, 0.5) is 8.78 Å². The summed E-state index contributed by atoms with van der Waals surface area (Å²) in [7, 11) is -3.69. The monoisotopic (exact) mass is 544 g/mol. The van der Waals surface area contributed by atoms with Crippen LogP contribution in [0.15, 0.2) is 65.7 Å². The summed E-state index contributed by atoms with van der Waals surface area (Å²) in [4.78, 5) is 4.45. The van der Waals surface area contributed by atoms with Crippen LogP contribution in [0.3, 0.4) is 0 Å². The minimum atomic E-state index is -3.69. The van der Waals surface area contributed by atoms with E-state index in [9.17, 15) is 17.9 Å². The molecule has 0 amide bonds. The SMILES string of the molecule is CCc1c(F)cc(-c2ccc(-n3cc(C(C)(C)O)nc3Cc3ccccc3Cl)c(F)c2)cc1S(C)(=O)=O. The van der Waals surface area contributed by atoms with Crippen LogP contribution in [-0.4, -0.2) is 29.3 Å². The van der Waals surface area contributed by atoms with Crippen molar-refractivity contribution in [1.29, 1.82) is 0 Å². The predicted molar refractivity (Wildman–Crippen MR) is 141 cm³/mol. The molecular formula is C28H27ClF2N2O3S. The first kappa shape index (κ1) is 27.0. The first-order chi connectivity index (χ1) is 17.3. The maximum Gasteiger partial charge on any atom is 0.175 e. The summed E-state index contributed by atoms with van der Waals surface area (Å²) in [6, 6.07) is 14.2. The van der Waals surface area contributed by atoms with Crippen LogP contribution in [0, 0.1) is 11.6 Å². The Hall–Kier alpha value is -3.07. The molecule has 1 aromatic heterocycles. The third-order valence-electron chi connectivity index (χ3n) is 6.16. The second-order valence-electron chi connectivity index (χ2n) is 9.47. The number of imidazole rings is 1. The van der Waals surface area contributed by atoms with E-state index < -0.39 is 27.1 Å². The maximum absolute atomic E-state index is 15.6. The third kappa shape index (κ3) is 5.61. The lowest BCUT2D eigenvalue weighted by Crippen LogP contribution is -2.16. The van der Waals surface area contributed by atoms with Crippen molar-refractivity contribution in [3.05, 3.63) is 100 Å². The third-order valence-corrected chi connectivity index (χ3v) is 7.69. The molecule has 0 aliphatic rings. The molecule has 0 radical (unpaired) electrons. The van der Waals surface area contributed by atoms with Gasteiger partial charge in [-0.15, -0.1) is 0 Å². The molecule has 0 aliphatic carbocycles.